The van der Waals surface area contributed by atoms with Crippen LogP contribution in [0.25, 0.3) is 10.2 Å². The Morgan fingerprint density at radius 3 is 2.91 bits per heavy atom. The van der Waals surface area contributed by atoms with E-state index in [2.05, 4.69) is 10.2 Å². The van der Waals surface area contributed by atoms with Crippen LogP contribution in [-0.2, 0) is 14.3 Å². The second kappa shape index (κ2) is 6.43. The lowest BCUT2D eigenvalue weighted by molar-refractivity contribution is -0.119. The average Bonchev–Trinajstić information content (AvgIpc) is 3.25. The molecule has 122 valence electrons. The molecule has 1 N–H and O–H groups in total. The zero-order valence-electron chi connectivity index (χ0n) is 12.8. The molecule has 0 unspecified atom stereocenters. The van der Waals surface area contributed by atoms with Crippen molar-refractivity contribution in [2.24, 2.45) is 5.92 Å². The van der Waals surface area contributed by atoms with E-state index in [1.165, 1.54) is 0 Å². The highest BCUT2D eigenvalue weighted by atomic mass is 32.1. The number of hydrogen-bond acceptors (Lipinski definition) is 6. The maximum atomic E-state index is 12.2. The number of anilines is 2. The van der Waals surface area contributed by atoms with Crippen LogP contribution < -0.4 is 10.2 Å². The van der Waals surface area contributed by atoms with Crippen molar-refractivity contribution in [3.05, 3.63) is 18.2 Å². The number of morpholine rings is 1. The van der Waals surface area contributed by atoms with E-state index in [0.717, 1.165) is 53.8 Å². The molecule has 23 heavy (non-hydrogen) atoms. The number of hydrogen-bond donors (Lipinski definition) is 1. The van der Waals surface area contributed by atoms with Gasteiger partial charge in [0.2, 0.25) is 5.91 Å². The maximum Gasteiger partial charge on any atom is 0.229 e. The van der Waals surface area contributed by atoms with Crippen LogP contribution in [0.4, 0.5) is 10.8 Å². The smallest absolute Gasteiger partial charge is 0.229 e. The van der Waals surface area contributed by atoms with E-state index in [1.54, 1.807) is 11.3 Å². The largest absolute Gasteiger partial charge is 0.381 e. The minimum absolute atomic E-state index is 0.0314. The molecule has 0 aliphatic carbocycles. The van der Waals surface area contributed by atoms with Crippen molar-refractivity contribution < 1.29 is 14.3 Å². The zero-order chi connectivity index (χ0) is 15.6. The van der Waals surface area contributed by atoms with Gasteiger partial charge in [-0.25, -0.2) is 4.98 Å². The fraction of sp³-hybridized carbons (Fsp3) is 0.500. The Labute approximate surface area is 138 Å². The summed E-state index contributed by atoms with van der Waals surface area (Å²) < 4.78 is 11.7. The number of nitrogens with zero attached hydrogens (tertiary/aromatic N) is 2. The van der Waals surface area contributed by atoms with Crippen molar-refractivity contribution in [2.45, 2.75) is 6.42 Å². The molecule has 1 amide bonds. The van der Waals surface area contributed by atoms with Gasteiger partial charge in [-0.3, -0.25) is 4.79 Å². The van der Waals surface area contributed by atoms with Gasteiger partial charge in [-0.1, -0.05) is 11.3 Å². The fourth-order valence-electron chi connectivity index (χ4n) is 2.87. The van der Waals surface area contributed by atoms with Gasteiger partial charge < -0.3 is 19.7 Å². The number of aromatic nitrogens is 1. The molecule has 0 spiro atoms. The highest BCUT2D eigenvalue weighted by Gasteiger charge is 2.23. The van der Waals surface area contributed by atoms with Crippen LogP contribution in [-0.4, -0.2) is 50.4 Å². The fourth-order valence-corrected chi connectivity index (χ4v) is 3.92. The molecule has 1 aromatic heterocycles. The first kappa shape index (κ1) is 14.9. The first-order valence-electron chi connectivity index (χ1n) is 7.91. The third-order valence-corrected chi connectivity index (χ3v) is 5.31. The zero-order valence-corrected chi connectivity index (χ0v) is 13.6. The van der Waals surface area contributed by atoms with Gasteiger partial charge in [0, 0.05) is 25.4 Å². The summed E-state index contributed by atoms with van der Waals surface area (Å²) in [4.78, 5) is 19.1. The third kappa shape index (κ3) is 3.17. The van der Waals surface area contributed by atoms with Gasteiger partial charge in [-0.15, -0.1) is 0 Å². The van der Waals surface area contributed by atoms with Gasteiger partial charge in [-0.2, -0.15) is 0 Å². The molecule has 0 radical (unpaired) electrons. The summed E-state index contributed by atoms with van der Waals surface area (Å²) in [5, 5.41) is 4.02. The minimum atomic E-state index is -0.0314. The van der Waals surface area contributed by atoms with E-state index in [4.69, 9.17) is 14.5 Å². The number of rotatable bonds is 3. The lowest BCUT2D eigenvalue weighted by atomic mass is 10.1. The molecule has 2 aliphatic rings. The Morgan fingerprint density at radius 1 is 1.26 bits per heavy atom. The van der Waals surface area contributed by atoms with E-state index in [1.807, 2.05) is 18.2 Å². The quantitative estimate of drug-likeness (QED) is 0.932. The predicted octanol–water partition coefficient (Wildman–Crippen LogP) is 2.11. The second-order valence-electron chi connectivity index (χ2n) is 5.83. The molecule has 4 rings (SSSR count). The van der Waals surface area contributed by atoms with E-state index in [-0.39, 0.29) is 11.8 Å². The van der Waals surface area contributed by atoms with Crippen molar-refractivity contribution in [3.63, 3.8) is 0 Å². The number of carbonyl (C=O) groups excluding carboxylic acids is 1. The molecule has 2 aromatic rings. The van der Waals surface area contributed by atoms with Crippen LogP contribution in [0.3, 0.4) is 0 Å². The average molecular weight is 333 g/mol. The molecule has 3 heterocycles. The molecule has 2 saturated heterocycles. The first-order chi connectivity index (χ1) is 11.3. The van der Waals surface area contributed by atoms with E-state index in [0.29, 0.717) is 13.2 Å². The monoisotopic (exact) mass is 333 g/mol. The third-order valence-electron chi connectivity index (χ3n) is 4.23. The molecule has 6 nitrogen and oxygen atoms in total. The van der Waals surface area contributed by atoms with E-state index >= 15 is 0 Å². The van der Waals surface area contributed by atoms with Crippen molar-refractivity contribution >= 4 is 38.3 Å². The number of carbonyl (C=O) groups is 1. The molecule has 0 bridgehead atoms. The summed E-state index contributed by atoms with van der Waals surface area (Å²) in [6.45, 7) is 4.46. The summed E-state index contributed by atoms with van der Waals surface area (Å²) in [5.41, 5.74) is 1.80. The topological polar surface area (TPSA) is 63.7 Å². The van der Waals surface area contributed by atoms with Gasteiger partial charge in [-0.05, 0) is 24.6 Å². The summed E-state index contributed by atoms with van der Waals surface area (Å²) in [6.07, 6.45) is 0.801. The molecular weight excluding hydrogens is 314 g/mol. The number of nitrogens with one attached hydrogen (secondary N) is 1. The van der Waals surface area contributed by atoms with Gasteiger partial charge in [0.25, 0.3) is 0 Å². The van der Waals surface area contributed by atoms with Crippen molar-refractivity contribution in [3.8, 4) is 0 Å². The van der Waals surface area contributed by atoms with Crippen LogP contribution in [0.1, 0.15) is 6.42 Å². The molecule has 1 atom stereocenters. The number of amides is 1. The maximum absolute atomic E-state index is 12.2. The van der Waals surface area contributed by atoms with Crippen molar-refractivity contribution in [1.29, 1.82) is 0 Å². The Balaban J connectivity index is 1.51. The number of fused-ring (bicyclic) bond motifs is 1. The Kier molecular flexibility index (Phi) is 4.15. The lowest BCUT2D eigenvalue weighted by Crippen LogP contribution is -2.36. The normalized spacial score (nSPS) is 21.7. The summed E-state index contributed by atoms with van der Waals surface area (Å²) in [6, 6.07) is 5.89. The van der Waals surface area contributed by atoms with Crippen LogP contribution in [0.2, 0.25) is 0 Å². The Hall–Kier alpha value is -1.70. The van der Waals surface area contributed by atoms with E-state index in [9.17, 15) is 4.79 Å². The Morgan fingerprint density at radius 2 is 2.13 bits per heavy atom. The molecule has 1 aromatic carbocycles. The molecule has 7 heteroatoms. The number of benzene rings is 1. The molecular formula is C16H19N3O3S. The van der Waals surface area contributed by atoms with Crippen molar-refractivity contribution in [1.82, 2.24) is 4.98 Å². The summed E-state index contributed by atoms with van der Waals surface area (Å²) >= 11 is 1.66. The van der Waals surface area contributed by atoms with Crippen LogP contribution in [0.15, 0.2) is 18.2 Å². The highest BCUT2D eigenvalue weighted by molar-refractivity contribution is 7.22. The van der Waals surface area contributed by atoms with Crippen LogP contribution in [0, 0.1) is 5.92 Å². The van der Waals surface area contributed by atoms with Gasteiger partial charge >= 0.3 is 0 Å². The van der Waals surface area contributed by atoms with Crippen LogP contribution >= 0.6 is 11.3 Å². The lowest BCUT2D eigenvalue weighted by Gasteiger charge is -2.25. The second-order valence-corrected chi connectivity index (χ2v) is 6.84. The van der Waals surface area contributed by atoms with Crippen LogP contribution in [0.5, 0.6) is 0 Å². The number of ether oxygens (including phenoxy) is 2. The molecule has 2 fully saturated rings. The summed E-state index contributed by atoms with van der Waals surface area (Å²) in [7, 11) is 0. The molecule has 0 saturated carbocycles. The number of thiazole rings is 1. The van der Waals surface area contributed by atoms with Crippen molar-refractivity contribution in [2.75, 3.05) is 49.7 Å². The molecule has 2 aliphatic heterocycles. The first-order valence-corrected chi connectivity index (χ1v) is 8.73. The standard InChI is InChI=1S/C16H19N3O3S/c20-15(11-3-6-22-10-11)17-12-1-2-13-14(9-12)23-16(18-13)19-4-7-21-8-5-19/h1-2,9,11H,3-8,10H2,(H,17,20)/t11-/m1/s1. The summed E-state index contributed by atoms with van der Waals surface area (Å²) in [5.74, 6) is 0.0100. The van der Waals surface area contributed by atoms with E-state index < -0.39 is 0 Å². The Bertz CT molecular complexity index is 706. The van der Waals surface area contributed by atoms with Gasteiger partial charge in [0.15, 0.2) is 5.13 Å². The predicted molar refractivity (Wildman–Crippen MR) is 90.2 cm³/mol. The van der Waals surface area contributed by atoms with Gasteiger partial charge in [0.1, 0.15) is 0 Å². The SMILES string of the molecule is O=C(Nc1ccc2nc(N3CCOCC3)sc2c1)[C@@H]1CCOC1. The highest BCUT2D eigenvalue weighted by Crippen LogP contribution is 2.31. The van der Waals surface area contributed by atoms with Gasteiger partial charge in [0.05, 0.1) is 36.0 Å². The minimum Gasteiger partial charge on any atom is -0.381 e.